The lowest BCUT2D eigenvalue weighted by molar-refractivity contribution is 0.0982. The fraction of sp³-hybridized carbons (Fsp3) is 0.304. The van der Waals surface area contributed by atoms with E-state index in [-0.39, 0.29) is 12.1 Å². The molecule has 0 aliphatic carbocycles. The number of rotatable bonds is 2. The lowest BCUT2D eigenvalue weighted by Crippen LogP contribution is -2.58. The number of aromatic nitrogens is 4. The summed E-state index contributed by atoms with van der Waals surface area (Å²) >= 11 is 6.61. The molecule has 0 bridgehead atoms. The second-order valence-electron chi connectivity index (χ2n) is 8.55. The van der Waals surface area contributed by atoms with Gasteiger partial charge in [-0.15, -0.1) is 0 Å². The van der Waals surface area contributed by atoms with Crippen molar-refractivity contribution in [2.45, 2.75) is 25.9 Å². The van der Waals surface area contributed by atoms with Gasteiger partial charge in [-0.05, 0) is 38.1 Å². The molecule has 1 N–H and O–H groups in total. The zero-order valence-electron chi connectivity index (χ0n) is 18.3. The minimum atomic E-state index is -0.910. The van der Waals surface area contributed by atoms with E-state index in [2.05, 4.69) is 20.0 Å². The summed E-state index contributed by atoms with van der Waals surface area (Å²) in [6.45, 7) is 4.89. The van der Waals surface area contributed by atoms with Crippen molar-refractivity contribution in [2.75, 3.05) is 18.0 Å². The van der Waals surface area contributed by atoms with Gasteiger partial charge in [0.15, 0.2) is 11.5 Å². The van der Waals surface area contributed by atoms with E-state index in [1.807, 2.05) is 26.0 Å². The highest BCUT2D eigenvalue weighted by Crippen LogP contribution is 2.32. The van der Waals surface area contributed by atoms with Crippen LogP contribution < -0.4 is 4.90 Å². The molecule has 33 heavy (non-hydrogen) atoms. The average molecular weight is 469 g/mol. The molecule has 1 aliphatic rings. The van der Waals surface area contributed by atoms with Crippen LogP contribution in [-0.4, -0.2) is 61.0 Å². The fourth-order valence-corrected chi connectivity index (χ4v) is 4.89. The molecule has 5 rings (SSSR count). The van der Waals surface area contributed by atoms with Crippen LogP contribution in [0.5, 0.6) is 0 Å². The van der Waals surface area contributed by atoms with Crippen LogP contribution in [-0.2, 0) is 7.05 Å². The monoisotopic (exact) mass is 468 g/mol. The summed E-state index contributed by atoms with van der Waals surface area (Å²) in [7, 11) is 1.74. The largest absolute Gasteiger partial charge is 0.465 e. The lowest BCUT2D eigenvalue weighted by atomic mass is 10.1. The average Bonchev–Trinajstić information content (AvgIpc) is 3.13. The molecule has 1 aliphatic heterocycles. The van der Waals surface area contributed by atoms with Crippen LogP contribution in [0.3, 0.4) is 0 Å². The van der Waals surface area contributed by atoms with Crippen LogP contribution in [0.4, 0.5) is 14.9 Å². The maximum atomic E-state index is 14.6. The summed E-state index contributed by atoms with van der Waals surface area (Å²) < 4.78 is 16.1. The predicted octanol–water partition coefficient (Wildman–Crippen LogP) is 4.55. The van der Waals surface area contributed by atoms with Crippen LogP contribution in [0.2, 0.25) is 5.02 Å². The molecular formula is C23H22ClFN6O2. The first-order valence-corrected chi connectivity index (χ1v) is 10.9. The summed E-state index contributed by atoms with van der Waals surface area (Å²) in [4.78, 5) is 24.2. The van der Waals surface area contributed by atoms with Crippen LogP contribution in [0, 0.1) is 5.82 Å². The zero-order valence-corrected chi connectivity index (χ0v) is 19.1. The Morgan fingerprint density at radius 1 is 1.18 bits per heavy atom. The van der Waals surface area contributed by atoms with Gasteiger partial charge < -0.3 is 10.0 Å². The lowest BCUT2D eigenvalue weighted by Gasteiger charge is -2.43. The van der Waals surface area contributed by atoms with Crippen molar-refractivity contribution >= 4 is 45.3 Å². The molecule has 0 unspecified atom stereocenters. The second kappa shape index (κ2) is 7.84. The third kappa shape index (κ3) is 3.72. The first kappa shape index (κ1) is 21.4. The van der Waals surface area contributed by atoms with Crippen molar-refractivity contribution in [3.8, 4) is 11.3 Å². The van der Waals surface area contributed by atoms with Crippen molar-refractivity contribution in [3.05, 3.63) is 47.5 Å². The van der Waals surface area contributed by atoms with Crippen molar-refractivity contribution in [1.82, 2.24) is 24.6 Å². The van der Waals surface area contributed by atoms with Gasteiger partial charge in [0.05, 0.1) is 34.7 Å². The van der Waals surface area contributed by atoms with Gasteiger partial charge in [-0.3, -0.25) is 9.58 Å². The van der Waals surface area contributed by atoms with Crippen molar-refractivity contribution in [3.63, 3.8) is 0 Å². The number of hydrogen-bond donors (Lipinski definition) is 1. The van der Waals surface area contributed by atoms with Crippen LogP contribution in [0.1, 0.15) is 13.8 Å². The summed E-state index contributed by atoms with van der Waals surface area (Å²) in [6, 6.07) is 6.54. The smallest absolute Gasteiger partial charge is 0.407 e. The Balaban J connectivity index is 1.51. The zero-order chi connectivity index (χ0) is 23.4. The van der Waals surface area contributed by atoms with Crippen molar-refractivity contribution in [1.29, 1.82) is 0 Å². The number of benzene rings is 1. The molecule has 1 saturated heterocycles. The maximum Gasteiger partial charge on any atom is 0.407 e. The molecule has 8 nitrogen and oxygen atoms in total. The Kier molecular flexibility index (Phi) is 5.08. The van der Waals surface area contributed by atoms with E-state index in [0.717, 1.165) is 5.69 Å². The Labute approximate surface area is 194 Å². The highest BCUT2D eigenvalue weighted by atomic mass is 35.5. The number of piperazine rings is 1. The van der Waals surface area contributed by atoms with E-state index >= 15 is 0 Å². The Morgan fingerprint density at radius 2 is 1.91 bits per heavy atom. The van der Waals surface area contributed by atoms with E-state index < -0.39 is 11.9 Å². The number of carboxylic acid groups (broad SMARTS) is 1. The van der Waals surface area contributed by atoms with Gasteiger partial charge in [0.2, 0.25) is 0 Å². The van der Waals surface area contributed by atoms with Crippen molar-refractivity contribution < 1.29 is 14.3 Å². The number of carbonyl (C=O) groups is 1. The Bertz CT molecular complexity index is 1390. The number of halogens is 2. The van der Waals surface area contributed by atoms with Crippen LogP contribution in [0.15, 0.2) is 36.7 Å². The minimum Gasteiger partial charge on any atom is -0.465 e. The molecule has 1 fully saturated rings. The van der Waals surface area contributed by atoms with Gasteiger partial charge in [0.25, 0.3) is 0 Å². The summed E-state index contributed by atoms with van der Waals surface area (Å²) in [5.74, 6) is -0.423. The molecule has 0 radical (unpaired) electrons. The van der Waals surface area contributed by atoms with Gasteiger partial charge in [-0.25, -0.2) is 19.2 Å². The van der Waals surface area contributed by atoms with Gasteiger partial charge in [0, 0.05) is 42.7 Å². The molecule has 1 aromatic carbocycles. The molecule has 1 amide bonds. The summed E-state index contributed by atoms with van der Waals surface area (Å²) in [5.41, 5.74) is 2.73. The number of hydrogen-bond acceptors (Lipinski definition) is 5. The number of amides is 1. The van der Waals surface area contributed by atoms with E-state index in [1.54, 1.807) is 30.2 Å². The van der Waals surface area contributed by atoms with Gasteiger partial charge in [-0.2, -0.15) is 5.10 Å². The normalized spacial score (nSPS) is 18.9. The fourth-order valence-electron chi connectivity index (χ4n) is 4.65. The molecule has 2 atom stereocenters. The molecule has 4 aromatic rings. The molecule has 3 aromatic heterocycles. The Morgan fingerprint density at radius 3 is 2.61 bits per heavy atom. The third-order valence-corrected chi connectivity index (χ3v) is 6.39. The van der Waals surface area contributed by atoms with E-state index in [4.69, 9.17) is 11.6 Å². The molecular weight excluding hydrogens is 447 g/mol. The molecule has 170 valence electrons. The molecule has 0 saturated carbocycles. The molecule has 4 heterocycles. The van der Waals surface area contributed by atoms with Crippen LogP contribution in [0.25, 0.3) is 33.2 Å². The third-order valence-electron chi connectivity index (χ3n) is 6.08. The number of anilines is 1. The summed E-state index contributed by atoms with van der Waals surface area (Å²) in [5, 5.41) is 15.4. The van der Waals surface area contributed by atoms with Crippen molar-refractivity contribution in [2.24, 2.45) is 7.05 Å². The first-order chi connectivity index (χ1) is 15.7. The number of fused-ring (bicyclic) bond motifs is 2. The predicted molar refractivity (Wildman–Crippen MR) is 125 cm³/mol. The van der Waals surface area contributed by atoms with E-state index in [1.165, 1.54) is 11.0 Å². The standard InChI is InChI=1S/C23H22ClFN6O2/c1-12-9-30(10-13(2)31(12)23(32)33)16-6-17-18(24)7-20(27-22(17)26-8-16)14-4-15-11-29(3)28-21(15)19(25)5-14/h4-8,11-13H,9-10H2,1-3H3,(H,32,33)/t12-,13-/m0/s1. The minimum absolute atomic E-state index is 0.157. The topological polar surface area (TPSA) is 87.4 Å². The van der Waals surface area contributed by atoms with Gasteiger partial charge in [0.1, 0.15) is 5.52 Å². The number of pyridine rings is 2. The maximum absolute atomic E-state index is 14.6. The van der Waals surface area contributed by atoms with E-state index in [0.29, 0.717) is 51.3 Å². The van der Waals surface area contributed by atoms with E-state index in [9.17, 15) is 14.3 Å². The highest BCUT2D eigenvalue weighted by molar-refractivity contribution is 6.35. The number of nitrogens with zero attached hydrogens (tertiary/aromatic N) is 6. The molecule has 10 heteroatoms. The van der Waals surface area contributed by atoms with Gasteiger partial charge in [-0.1, -0.05) is 11.6 Å². The SMILES string of the molecule is C[C@H]1CN(c2cnc3nc(-c4cc(F)c5nn(C)cc5c4)cc(Cl)c3c2)C[C@H](C)N1C(=O)O. The quantitative estimate of drug-likeness (QED) is 0.464. The first-order valence-electron chi connectivity index (χ1n) is 10.6. The summed E-state index contributed by atoms with van der Waals surface area (Å²) in [6.07, 6.45) is 2.56. The Hall–Kier alpha value is -3.46. The molecule has 0 spiro atoms. The van der Waals surface area contributed by atoms with Crippen LogP contribution >= 0.6 is 11.6 Å². The second-order valence-corrected chi connectivity index (χ2v) is 8.95. The number of aryl methyl sites for hydroxylation is 1. The highest BCUT2D eigenvalue weighted by Gasteiger charge is 2.33. The van der Waals surface area contributed by atoms with Gasteiger partial charge >= 0.3 is 6.09 Å².